The summed E-state index contributed by atoms with van der Waals surface area (Å²) in [4.78, 5) is 19.0. The molecule has 2 nitrogen and oxygen atoms in total. The van der Waals surface area contributed by atoms with E-state index in [2.05, 4.69) is 0 Å². The monoisotopic (exact) mass is 269 g/mol. The van der Waals surface area contributed by atoms with Gasteiger partial charge in [0.2, 0.25) is 0 Å². The smallest absolute Gasteiger partial charge is 0.0150 e. The molecule has 0 saturated carbocycles. The largest absolute Gasteiger partial charge is 0.534 e. The molecule has 0 aliphatic rings. The van der Waals surface area contributed by atoms with Crippen molar-refractivity contribution in [1.82, 2.24) is 0 Å². The van der Waals surface area contributed by atoms with Gasteiger partial charge in [0.1, 0.15) is 0 Å². The number of ketones is 1. The molecule has 0 aliphatic heterocycles. The first-order valence-corrected chi connectivity index (χ1v) is 1.72. The van der Waals surface area contributed by atoms with E-state index in [0.29, 0.717) is 0 Å². The standard InChI is InChI=1S/C4H5O2.W/c1-2-4(6)3-5;/h2H2,1H3;/q-1;. The fraction of sp³-hybridized carbons (Fsp3) is 0.500. The van der Waals surface area contributed by atoms with Crippen molar-refractivity contribution in [3.8, 4) is 0 Å². The topological polar surface area (TPSA) is 34.1 Å². The number of Topliss-reactive ketones (excluding diaryl/α,β-unsaturated/α-hetero) is 1. The molecule has 0 amide bonds. The molecule has 3 heteroatoms. The van der Waals surface area contributed by atoms with E-state index in [1.807, 2.05) is 0 Å². The van der Waals surface area contributed by atoms with E-state index in [1.54, 1.807) is 6.92 Å². The maximum absolute atomic E-state index is 9.76. The third-order valence-electron chi connectivity index (χ3n) is 0.435. The van der Waals surface area contributed by atoms with Crippen LogP contribution in [0.3, 0.4) is 0 Å². The fourth-order valence-electron chi connectivity index (χ4n) is 0.0722. The Morgan fingerprint density at radius 2 is 2.14 bits per heavy atom. The zero-order chi connectivity index (χ0) is 4.99. The Morgan fingerprint density at radius 1 is 1.71 bits per heavy atom. The molecule has 0 radical (unpaired) electrons. The Kier molecular flexibility index (Phi) is 8.70. The van der Waals surface area contributed by atoms with E-state index in [1.165, 1.54) is 6.29 Å². The van der Waals surface area contributed by atoms with Crippen LogP contribution in [0, 0.1) is 0 Å². The summed E-state index contributed by atoms with van der Waals surface area (Å²) >= 11 is 0. The molecule has 0 fully saturated rings. The van der Waals surface area contributed by atoms with E-state index in [0.717, 1.165) is 0 Å². The van der Waals surface area contributed by atoms with Crippen molar-refractivity contribution in [1.29, 1.82) is 0 Å². The van der Waals surface area contributed by atoms with Crippen molar-refractivity contribution in [2.75, 3.05) is 0 Å². The first kappa shape index (κ1) is 10.1. The minimum absolute atomic E-state index is 0. The number of rotatable bonds is 2. The summed E-state index contributed by atoms with van der Waals surface area (Å²) in [6.07, 6.45) is 1.49. The number of carbonyl (C=O) groups is 1. The van der Waals surface area contributed by atoms with Crippen molar-refractivity contribution in [2.45, 2.75) is 13.3 Å². The molecule has 0 aromatic carbocycles. The maximum Gasteiger partial charge on any atom is 0.0150 e. The van der Waals surface area contributed by atoms with Gasteiger partial charge in [-0.3, -0.25) is 0 Å². The minimum Gasteiger partial charge on any atom is -0.534 e. The van der Waals surface area contributed by atoms with Crippen LogP contribution in [0.25, 0.3) is 0 Å². The van der Waals surface area contributed by atoms with Gasteiger partial charge in [-0.1, -0.05) is 6.92 Å². The van der Waals surface area contributed by atoms with Crippen LogP contribution < -0.4 is 0 Å². The number of carbonyl (C=O) groups excluding carboxylic acids is 2. The van der Waals surface area contributed by atoms with Crippen LogP contribution in [-0.4, -0.2) is 12.1 Å². The maximum atomic E-state index is 9.76. The Balaban J connectivity index is 0. The molecule has 0 aliphatic carbocycles. The fourth-order valence-corrected chi connectivity index (χ4v) is 0.0722. The Hall–Kier alpha value is 0.0283. The molecule has 0 heterocycles. The molecule has 0 N–H and O–H groups in total. The average molecular weight is 269 g/mol. The van der Waals surface area contributed by atoms with Crippen LogP contribution in [0.15, 0.2) is 0 Å². The molecule has 0 bridgehead atoms. The van der Waals surface area contributed by atoms with Gasteiger partial charge in [0.15, 0.2) is 0 Å². The van der Waals surface area contributed by atoms with Crippen LogP contribution >= 0.6 is 0 Å². The summed E-state index contributed by atoms with van der Waals surface area (Å²) in [6, 6.07) is 0. The molecular weight excluding hydrogens is 264 g/mol. The van der Waals surface area contributed by atoms with Crippen molar-refractivity contribution in [2.24, 2.45) is 0 Å². The molecule has 7 heavy (non-hydrogen) atoms. The SMILES string of the molecule is CCC(=O)[C-]=O.[W]. The van der Waals surface area contributed by atoms with Gasteiger partial charge in [-0.05, 0) is 6.42 Å². The van der Waals surface area contributed by atoms with E-state index in [-0.39, 0.29) is 27.5 Å². The molecule has 0 aromatic heterocycles. The minimum atomic E-state index is -0.463. The van der Waals surface area contributed by atoms with Gasteiger partial charge in [0.25, 0.3) is 0 Å². The first-order chi connectivity index (χ1) is 2.81. The third-order valence-corrected chi connectivity index (χ3v) is 0.435. The van der Waals surface area contributed by atoms with Gasteiger partial charge in [0.05, 0.1) is 0 Å². The zero-order valence-electron chi connectivity index (χ0n) is 3.93. The van der Waals surface area contributed by atoms with Crippen LogP contribution in [0.4, 0.5) is 0 Å². The molecule has 40 valence electrons. The van der Waals surface area contributed by atoms with Gasteiger partial charge in [-0.25, -0.2) is 0 Å². The number of hydrogen-bond acceptors (Lipinski definition) is 2. The molecule has 0 unspecified atom stereocenters. The van der Waals surface area contributed by atoms with Crippen molar-refractivity contribution in [3.63, 3.8) is 0 Å². The normalized spacial score (nSPS) is 6.43. The Bertz CT molecular complexity index is 70.1. The average Bonchev–Trinajstić information content (AvgIpc) is 1.65. The van der Waals surface area contributed by atoms with Gasteiger partial charge in [-0.15, -0.1) is 0 Å². The van der Waals surface area contributed by atoms with E-state index in [9.17, 15) is 9.59 Å². The van der Waals surface area contributed by atoms with E-state index in [4.69, 9.17) is 0 Å². The van der Waals surface area contributed by atoms with E-state index < -0.39 is 5.78 Å². The summed E-state index contributed by atoms with van der Waals surface area (Å²) in [6.45, 7) is 1.62. The third kappa shape index (κ3) is 6.03. The van der Waals surface area contributed by atoms with Crippen LogP contribution in [0.2, 0.25) is 0 Å². The zero-order valence-corrected chi connectivity index (χ0v) is 6.87. The molecule has 0 aromatic rings. The van der Waals surface area contributed by atoms with Gasteiger partial charge < -0.3 is 9.59 Å². The molecule has 0 rings (SSSR count). The molecule has 0 spiro atoms. The summed E-state index contributed by atoms with van der Waals surface area (Å²) in [7, 11) is 0. The van der Waals surface area contributed by atoms with Crippen molar-refractivity contribution >= 4 is 12.1 Å². The van der Waals surface area contributed by atoms with Gasteiger partial charge >= 0.3 is 0 Å². The van der Waals surface area contributed by atoms with Gasteiger partial charge in [-0.2, -0.15) is 6.29 Å². The summed E-state index contributed by atoms with van der Waals surface area (Å²) in [5.41, 5.74) is 0. The second-order valence-electron chi connectivity index (χ2n) is 0.879. The summed E-state index contributed by atoms with van der Waals surface area (Å²) < 4.78 is 0. The number of hydrogen-bond donors (Lipinski definition) is 0. The Morgan fingerprint density at radius 3 is 2.14 bits per heavy atom. The van der Waals surface area contributed by atoms with Crippen molar-refractivity contribution < 1.29 is 30.7 Å². The van der Waals surface area contributed by atoms with E-state index >= 15 is 0 Å². The molecule has 0 saturated heterocycles. The summed E-state index contributed by atoms with van der Waals surface area (Å²) in [5, 5.41) is 0. The molecular formula is C4H5O2W-. The van der Waals surface area contributed by atoms with Crippen LogP contribution in [0.5, 0.6) is 0 Å². The van der Waals surface area contributed by atoms with Crippen molar-refractivity contribution in [3.05, 3.63) is 0 Å². The van der Waals surface area contributed by atoms with Crippen LogP contribution in [-0.2, 0) is 30.7 Å². The molecule has 0 atom stereocenters. The van der Waals surface area contributed by atoms with Crippen LogP contribution in [0.1, 0.15) is 13.3 Å². The predicted octanol–water partition coefficient (Wildman–Crippen LogP) is 0.0727. The first-order valence-electron chi connectivity index (χ1n) is 1.72. The second kappa shape index (κ2) is 6.03. The summed E-state index contributed by atoms with van der Waals surface area (Å²) in [5.74, 6) is -0.463. The predicted molar refractivity (Wildman–Crippen MR) is 21.0 cm³/mol. The second-order valence-corrected chi connectivity index (χ2v) is 0.879. The quantitative estimate of drug-likeness (QED) is 0.525. The van der Waals surface area contributed by atoms with Gasteiger partial charge in [0, 0.05) is 26.8 Å². The Labute approximate surface area is 56.5 Å².